The first-order valence-corrected chi connectivity index (χ1v) is 5.69. The third-order valence-electron chi connectivity index (χ3n) is 3.44. The van der Waals surface area contributed by atoms with Crippen molar-refractivity contribution in [3.05, 3.63) is 30.0 Å². The van der Waals surface area contributed by atoms with E-state index in [-0.39, 0.29) is 0 Å². The molecule has 1 fully saturated rings. The van der Waals surface area contributed by atoms with Gasteiger partial charge < -0.3 is 0 Å². The number of fused-ring (bicyclic) bond motifs is 1. The largest absolute Gasteiger partial charge is 0.262 e. The Kier molecular flexibility index (Phi) is 1.84. The Balaban J connectivity index is 2.13. The van der Waals surface area contributed by atoms with E-state index in [2.05, 4.69) is 41.8 Å². The van der Waals surface area contributed by atoms with Crippen LogP contribution in [0.15, 0.2) is 24.4 Å². The summed E-state index contributed by atoms with van der Waals surface area (Å²) in [7, 11) is 0. The van der Waals surface area contributed by atoms with Gasteiger partial charge in [0.2, 0.25) is 0 Å². The average Bonchev–Trinajstić information content (AvgIpc) is 2.98. The van der Waals surface area contributed by atoms with Gasteiger partial charge in [0.15, 0.2) is 0 Å². The maximum absolute atomic E-state index is 4.51. The van der Waals surface area contributed by atoms with E-state index in [1.165, 1.54) is 29.3 Å². The van der Waals surface area contributed by atoms with E-state index in [1.807, 2.05) is 6.20 Å². The second kappa shape index (κ2) is 3.09. The molecule has 78 valence electrons. The molecule has 3 rings (SSSR count). The molecule has 0 aliphatic heterocycles. The van der Waals surface area contributed by atoms with Crippen LogP contribution in [0.25, 0.3) is 10.9 Å². The fourth-order valence-electron chi connectivity index (χ4n) is 2.25. The van der Waals surface area contributed by atoms with Crippen LogP contribution in [0.4, 0.5) is 0 Å². The number of benzene rings is 1. The highest BCUT2D eigenvalue weighted by Gasteiger charge is 2.30. The van der Waals surface area contributed by atoms with E-state index in [0.29, 0.717) is 6.04 Å². The fourth-order valence-corrected chi connectivity index (χ4v) is 2.25. The zero-order valence-electron chi connectivity index (χ0n) is 9.27. The normalized spacial score (nSPS) is 18.3. The van der Waals surface area contributed by atoms with Crippen LogP contribution in [0, 0.1) is 12.8 Å². The molecule has 1 aromatic carbocycles. The predicted octanol–water partition coefficient (Wildman–Crippen LogP) is 3.32. The van der Waals surface area contributed by atoms with Crippen LogP contribution in [0.1, 0.15) is 31.4 Å². The van der Waals surface area contributed by atoms with Crippen molar-refractivity contribution in [3.8, 4) is 0 Å². The first-order valence-electron chi connectivity index (χ1n) is 5.69. The van der Waals surface area contributed by atoms with Gasteiger partial charge in [0, 0.05) is 5.39 Å². The summed E-state index contributed by atoms with van der Waals surface area (Å²) >= 11 is 0. The molecule has 1 aromatic heterocycles. The van der Waals surface area contributed by atoms with Gasteiger partial charge in [-0.15, -0.1) is 0 Å². The van der Waals surface area contributed by atoms with Crippen molar-refractivity contribution in [1.29, 1.82) is 0 Å². The maximum Gasteiger partial charge on any atom is 0.0688 e. The van der Waals surface area contributed by atoms with Gasteiger partial charge in [-0.3, -0.25) is 4.68 Å². The topological polar surface area (TPSA) is 17.8 Å². The Bertz CT molecular complexity index is 494. The molecule has 15 heavy (non-hydrogen) atoms. The minimum Gasteiger partial charge on any atom is -0.262 e. The lowest BCUT2D eigenvalue weighted by molar-refractivity contribution is 0.453. The minimum absolute atomic E-state index is 0.560. The molecule has 1 unspecified atom stereocenters. The van der Waals surface area contributed by atoms with Gasteiger partial charge in [0.1, 0.15) is 0 Å². The third-order valence-corrected chi connectivity index (χ3v) is 3.44. The highest BCUT2D eigenvalue weighted by Crippen LogP contribution is 2.40. The SMILES string of the molecule is Cc1ccc2cnn(C(C)C3CC3)c2c1. The van der Waals surface area contributed by atoms with Crippen LogP contribution >= 0.6 is 0 Å². The quantitative estimate of drug-likeness (QED) is 0.727. The molecule has 1 atom stereocenters. The number of aryl methyl sites for hydroxylation is 1. The van der Waals surface area contributed by atoms with Gasteiger partial charge in [-0.1, -0.05) is 12.1 Å². The summed E-state index contributed by atoms with van der Waals surface area (Å²) < 4.78 is 2.19. The van der Waals surface area contributed by atoms with Crippen molar-refractivity contribution in [2.45, 2.75) is 32.7 Å². The maximum atomic E-state index is 4.51. The lowest BCUT2D eigenvalue weighted by Crippen LogP contribution is -2.08. The van der Waals surface area contributed by atoms with E-state index in [0.717, 1.165) is 5.92 Å². The smallest absolute Gasteiger partial charge is 0.0688 e. The van der Waals surface area contributed by atoms with Crippen molar-refractivity contribution in [1.82, 2.24) is 9.78 Å². The van der Waals surface area contributed by atoms with Crippen LogP contribution in [0.2, 0.25) is 0 Å². The first-order chi connectivity index (χ1) is 7.25. The molecule has 2 nitrogen and oxygen atoms in total. The Labute approximate surface area is 89.9 Å². The van der Waals surface area contributed by atoms with E-state index in [1.54, 1.807) is 0 Å². The molecule has 0 amide bonds. The molecule has 0 saturated heterocycles. The van der Waals surface area contributed by atoms with Crippen LogP contribution in [-0.2, 0) is 0 Å². The van der Waals surface area contributed by atoms with E-state index >= 15 is 0 Å². The molecule has 1 aliphatic carbocycles. The van der Waals surface area contributed by atoms with E-state index < -0.39 is 0 Å². The third kappa shape index (κ3) is 1.44. The molecule has 1 saturated carbocycles. The standard InChI is InChI=1S/C13H16N2/c1-9-3-4-12-8-14-15(13(12)7-9)10(2)11-5-6-11/h3-4,7-8,10-11H,5-6H2,1-2H3. The Morgan fingerprint density at radius 1 is 1.40 bits per heavy atom. The summed E-state index contributed by atoms with van der Waals surface area (Å²) in [5.41, 5.74) is 2.60. The molecule has 1 aliphatic rings. The average molecular weight is 200 g/mol. The van der Waals surface area contributed by atoms with Gasteiger partial charge in [0.05, 0.1) is 17.8 Å². The van der Waals surface area contributed by atoms with Crippen molar-refractivity contribution in [2.75, 3.05) is 0 Å². The van der Waals surface area contributed by atoms with E-state index in [4.69, 9.17) is 0 Å². The van der Waals surface area contributed by atoms with Crippen molar-refractivity contribution >= 4 is 10.9 Å². The predicted molar refractivity (Wildman–Crippen MR) is 61.9 cm³/mol. The van der Waals surface area contributed by atoms with Crippen LogP contribution in [0.3, 0.4) is 0 Å². The first kappa shape index (κ1) is 8.96. The Morgan fingerprint density at radius 2 is 2.20 bits per heavy atom. The van der Waals surface area contributed by atoms with Crippen molar-refractivity contribution in [3.63, 3.8) is 0 Å². The Hall–Kier alpha value is -1.31. The van der Waals surface area contributed by atoms with Gasteiger partial charge in [-0.05, 0) is 44.2 Å². The molecule has 2 heteroatoms. The van der Waals surface area contributed by atoms with E-state index in [9.17, 15) is 0 Å². The number of rotatable bonds is 2. The highest BCUT2D eigenvalue weighted by atomic mass is 15.3. The lowest BCUT2D eigenvalue weighted by atomic mass is 10.1. The number of nitrogens with zero attached hydrogens (tertiary/aromatic N) is 2. The van der Waals surface area contributed by atoms with Crippen molar-refractivity contribution < 1.29 is 0 Å². The molecule has 2 aromatic rings. The lowest BCUT2D eigenvalue weighted by Gasteiger charge is -2.12. The van der Waals surface area contributed by atoms with Gasteiger partial charge in [-0.25, -0.2) is 0 Å². The summed E-state index contributed by atoms with van der Waals surface area (Å²) in [4.78, 5) is 0. The summed E-state index contributed by atoms with van der Waals surface area (Å²) in [5.74, 6) is 0.855. The van der Waals surface area contributed by atoms with Gasteiger partial charge in [0.25, 0.3) is 0 Å². The summed E-state index contributed by atoms with van der Waals surface area (Å²) in [6.07, 6.45) is 4.72. The molecular weight excluding hydrogens is 184 g/mol. The zero-order chi connectivity index (χ0) is 10.4. The second-order valence-electron chi connectivity index (χ2n) is 4.73. The summed E-state index contributed by atoms with van der Waals surface area (Å²) in [5, 5.41) is 5.77. The summed E-state index contributed by atoms with van der Waals surface area (Å²) in [6, 6.07) is 7.11. The molecular formula is C13H16N2. The van der Waals surface area contributed by atoms with Crippen LogP contribution in [-0.4, -0.2) is 9.78 Å². The molecule has 1 heterocycles. The Morgan fingerprint density at radius 3 is 2.93 bits per heavy atom. The minimum atomic E-state index is 0.560. The molecule has 0 radical (unpaired) electrons. The fraction of sp³-hybridized carbons (Fsp3) is 0.462. The van der Waals surface area contributed by atoms with Gasteiger partial charge in [-0.2, -0.15) is 5.10 Å². The molecule has 0 spiro atoms. The zero-order valence-corrected chi connectivity index (χ0v) is 9.27. The summed E-state index contributed by atoms with van der Waals surface area (Å²) in [6.45, 7) is 4.42. The molecule has 0 N–H and O–H groups in total. The monoisotopic (exact) mass is 200 g/mol. The highest BCUT2D eigenvalue weighted by molar-refractivity contribution is 5.79. The van der Waals surface area contributed by atoms with Crippen molar-refractivity contribution in [2.24, 2.45) is 5.92 Å². The number of aromatic nitrogens is 2. The van der Waals surface area contributed by atoms with Gasteiger partial charge >= 0.3 is 0 Å². The number of hydrogen-bond acceptors (Lipinski definition) is 1. The second-order valence-corrected chi connectivity index (χ2v) is 4.73. The molecule has 0 bridgehead atoms. The number of hydrogen-bond donors (Lipinski definition) is 0. The van der Waals surface area contributed by atoms with Crippen LogP contribution < -0.4 is 0 Å². The van der Waals surface area contributed by atoms with Crippen LogP contribution in [0.5, 0.6) is 0 Å².